The minimum absolute atomic E-state index is 0.00142. The van der Waals surface area contributed by atoms with Gasteiger partial charge in [-0.2, -0.15) is 5.10 Å². The lowest BCUT2D eigenvalue weighted by atomic mass is 10.2. The van der Waals surface area contributed by atoms with Gasteiger partial charge in [-0.25, -0.2) is 5.43 Å². The Labute approximate surface area is 107 Å². The van der Waals surface area contributed by atoms with Crippen LogP contribution < -0.4 is 5.43 Å². The zero-order valence-electron chi connectivity index (χ0n) is 10.7. The van der Waals surface area contributed by atoms with Crippen LogP contribution in [0.5, 0.6) is 0 Å². The summed E-state index contributed by atoms with van der Waals surface area (Å²) < 4.78 is 0. The van der Waals surface area contributed by atoms with Crippen molar-refractivity contribution >= 4 is 23.0 Å². The Kier molecular flexibility index (Phi) is 5.91. The Hall–Kier alpha value is -1.16. The van der Waals surface area contributed by atoms with E-state index in [-0.39, 0.29) is 5.91 Å². The van der Waals surface area contributed by atoms with Crippen LogP contribution in [0.25, 0.3) is 0 Å². The second-order valence-electron chi connectivity index (χ2n) is 3.96. The first kappa shape index (κ1) is 13.9. The van der Waals surface area contributed by atoms with Gasteiger partial charge in [0.1, 0.15) is 0 Å². The molecule has 0 aliphatic heterocycles. The van der Waals surface area contributed by atoms with Gasteiger partial charge in [0, 0.05) is 11.3 Å². The van der Waals surface area contributed by atoms with Crippen molar-refractivity contribution in [2.45, 2.75) is 46.5 Å². The van der Waals surface area contributed by atoms with E-state index >= 15 is 0 Å². The van der Waals surface area contributed by atoms with E-state index in [0.717, 1.165) is 29.9 Å². The average molecular weight is 252 g/mol. The van der Waals surface area contributed by atoms with Gasteiger partial charge in [0.25, 0.3) is 0 Å². The zero-order chi connectivity index (χ0) is 12.7. The Morgan fingerprint density at radius 2 is 2.18 bits per heavy atom. The molecule has 0 radical (unpaired) electrons. The van der Waals surface area contributed by atoms with Gasteiger partial charge in [0.15, 0.2) is 0 Å². The lowest BCUT2D eigenvalue weighted by molar-refractivity contribution is -0.121. The fraction of sp³-hybridized carbons (Fsp3) is 0.538. The van der Waals surface area contributed by atoms with Crippen molar-refractivity contribution < 1.29 is 4.79 Å². The van der Waals surface area contributed by atoms with Crippen LogP contribution in [0.4, 0.5) is 0 Å². The van der Waals surface area contributed by atoms with E-state index in [1.165, 1.54) is 4.88 Å². The average Bonchev–Trinajstić information content (AvgIpc) is 2.82. The van der Waals surface area contributed by atoms with E-state index in [1.54, 1.807) is 11.3 Å². The highest BCUT2D eigenvalue weighted by atomic mass is 32.1. The molecule has 0 saturated carbocycles. The second-order valence-corrected chi connectivity index (χ2v) is 5.12. The maximum absolute atomic E-state index is 11.4. The molecular formula is C13H20N2OS. The molecule has 1 N–H and O–H groups in total. The molecule has 0 aromatic carbocycles. The maximum Gasteiger partial charge on any atom is 0.240 e. The van der Waals surface area contributed by atoms with Crippen molar-refractivity contribution in [2.24, 2.45) is 5.10 Å². The number of thiophene rings is 1. The number of rotatable bonds is 6. The number of hydrogen-bond donors (Lipinski definition) is 1. The molecule has 0 saturated heterocycles. The lowest BCUT2D eigenvalue weighted by Crippen LogP contribution is -2.18. The Balaban J connectivity index is 2.51. The largest absolute Gasteiger partial charge is 0.273 e. The monoisotopic (exact) mass is 252 g/mol. The molecule has 1 aromatic rings. The summed E-state index contributed by atoms with van der Waals surface area (Å²) >= 11 is 1.73. The van der Waals surface area contributed by atoms with E-state index in [2.05, 4.69) is 36.5 Å². The molecular weight excluding hydrogens is 232 g/mol. The van der Waals surface area contributed by atoms with Crippen LogP contribution in [-0.2, 0) is 11.2 Å². The van der Waals surface area contributed by atoms with Crippen molar-refractivity contribution in [3.63, 3.8) is 0 Å². The number of carbonyl (C=O) groups excluding carboxylic acids is 1. The van der Waals surface area contributed by atoms with Gasteiger partial charge in [-0.05, 0) is 31.9 Å². The van der Waals surface area contributed by atoms with E-state index < -0.39 is 0 Å². The van der Waals surface area contributed by atoms with Crippen molar-refractivity contribution in [1.82, 2.24) is 5.43 Å². The van der Waals surface area contributed by atoms with Crippen molar-refractivity contribution in [3.8, 4) is 0 Å². The normalized spacial score (nSPS) is 11.6. The minimum Gasteiger partial charge on any atom is -0.273 e. The molecule has 1 heterocycles. The first-order valence-corrected chi connectivity index (χ1v) is 6.91. The fourth-order valence-corrected chi connectivity index (χ4v) is 2.25. The summed E-state index contributed by atoms with van der Waals surface area (Å²) in [6.07, 6.45) is 3.54. The molecule has 1 amide bonds. The first-order chi connectivity index (χ1) is 8.17. The van der Waals surface area contributed by atoms with Gasteiger partial charge >= 0.3 is 0 Å². The molecule has 3 nitrogen and oxygen atoms in total. The summed E-state index contributed by atoms with van der Waals surface area (Å²) in [7, 11) is 0. The van der Waals surface area contributed by atoms with E-state index in [9.17, 15) is 4.79 Å². The minimum atomic E-state index is -0.00142. The number of amides is 1. The van der Waals surface area contributed by atoms with Gasteiger partial charge in [-0.3, -0.25) is 4.79 Å². The quantitative estimate of drug-likeness (QED) is 0.612. The maximum atomic E-state index is 11.4. The molecule has 0 unspecified atom stereocenters. The Morgan fingerprint density at radius 1 is 1.41 bits per heavy atom. The van der Waals surface area contributed by atoms with Crippen LogP contribution in [0.2, 0.25) is 0 Å². The molecule has 0 spiro atoms. The molecule has 1 aromatic heterocycles. The van der Waals surface area contributed by atoms with Gasteiger partial charge in [-0.1, -0.05) is 20.3 Å². The highest BCUT2D eigenvalue weighted by Gasteiger charge is 2.03. The van der Waals surface area contributed by atoms with Crippen LogP contribution in [0.15, 0.2) is 17.2 Å². The number of hydrazone groups is 1. The predicted octanol–water partition coefficient (Wildman–Crippen LogP) is 3.34. The van der Waals surface area contributed by atoms with Crippen molar-refractivity contribution in [1.29, 1.82) is 0 Å². The standard InChI is InChI=1S/C13H20N2OS/c1-4-6-7-13(16)15-14-10(3)12-9-8-11(5-2)17-12/h8-9H,4-7H2,1-3H3,(H,15,16). The summed E-state index contributed by atoms with van der Waals surface area (Å²) in [5, 5.41) is 4.12. The van der Waals surface area contributed by atoms with Gasteiger partial charge in [0.2, 0.25) is 5.91 Å². The number of nitrogens with zero attached hydrogens (tertiary/aromatic N) is 1. The van der Waals surface area contributed by atoms with Crippen LogP contribution in [0, 0.1) is 0 Å². The molecule has 1 rings (SSSR count). The Morgan fingerprint density at radius 3 is 2.76 bits per heavy atom. The highest BCUT2D eigenvalue weighted by molar-refractivity contribution is 7.14. The summed E-state index contributed by atoms with van der Waals surface area (Å²) in [5.41, 5.74) is 3.47. The third-order valence-electron chi connectivity index (χ3n) is 2.47. The van der Waals surface area contributed by atoms with Crippen LogP contribution >= 0.6 is 11.3 Å². The van der Waals surface area contributed by atoms with Crippen LogP contribution in [0.3, 0.4) is 0 Å². The lowest BCUT2D eigenvalue weighted by Gasteiger charge is -2.00. The summed E-state index contributed by atoms with van der Waals surface area (Å²) in [6, 6.07) is 4.17. The molecule has 94 valence electrons. The fourth-order valence-electron chi connectivity index (χ4n) is 1.36. The molecule has 0 aliphatic rings. The van der Waals surface area contributed by atoms with Crippen molar-refractivity contribution in [2.75, 3.05) is 0 Å². The molecule has 0 bridgehead atoms. The van der Waals surface area contributed by atoms with Crippen LogP contribution in [0.1, 0.15) is 49.8 Å². The number of nitrogens with one attached hydrogen (secondary N) is 1. The van der Waals surface area contributed by atoms with E-state index in [0.29, 0.717) is 6.42 Å². The van der Waals surface area contributed by atoms with Gasteiger partial charge < -0.3 is 0 Å². The van der Waals surface area contributed by atoms with Crippen molar-refractivity contribution in [3.05, 3.63) is 21.9 Å². The molecule has 17 heavy (non-hydrogen) atoms. The van der Waals surface area contributed by atoms with E-state index in [4.69, 9.17) is 0 Å². The SMILES string of the molecule is CCCCC(=O)NN=C(C)c1ccc(CC)s1. The number of aryl methyl sites for hydroxylation is 1. The second kappa shape index (κ2) is 7.22. The number of unbranched alkanes of at least 4 members (excludes halogenated alkanes) is 1. The van der Waals surface area contributed by atoms with E-state index in [1.807, 2.05) is 6.92 Å². The van der Waals surface area contributed by atoms with Crippen LogP contribution in [-0.4, -0.2) is 11.6 Å². The predicted molar refractivity (Wildman–Crippen MR) is 73.6 cm³/mol. The summed E-state index contributed by atoms with van der Waals surface area (Å²) in [5.74, 6) is -0.00142. The highest BCUT2D eigenvalue weighted by Crippen LogP contribution is 2.17. The Bertz CT molecular complexity index is 396. The summed E-state index contributed by atoms with van der Waals surface area (Å²) in [6.45, 7) is 6.12. The molecule has 0 aliphatic carbocycles. The number of carbonyl (C=O) groups is 1. The summed E-state index contributed by atoms with van der Waals surface area (Å²) in [4.78, 5) is 13.8. The number of hydrogen-bond acceptors (Lipinski definition) is 3. The first-order valence-electron chi connectivity index (χ1n) is 6.09. The topological polar surface area (TPSA) is 41.5 Å². The van der Waals surface area contributed by atoms with Gasteiger partial charge in [0.05, 0.1) is 10.6 Å². The zero-order valence-corrected chi connectivity index (χ0v) is 11.6. The molecule has 0 fully saturated rings. The third kappa shape index (κ3) is 4.69. The smallest absolute Gasteiger partial charge is 0.240 e. The third-order valence-corrected chi connectivity index (χ3v) is 3.81. The van der Waals surface area contributed by atoms with Gasteiger partial charge in [-0.15, -0.1) is 11.3 Å². The molecule has 4 heteroatoms. The molecule has 0 atom stereocenters.